The summed E-state index contributed by atoms with van der Waals surface area (Å²) in [6, 6.07) is 42.4. The van der Waals surface area contributed by atoms with Crippen LogP contribution in [0.1, 0.15) is 23.0 Å². The maximum absolute atomic E-state index is 6.48. The van der Waals surface area contributed by atoms with Crippen molar-refractivity contribution in [2.24, 2.45) is 0 Å². The average molecular weight is 447 g/mol. The predicted octanol–water partition coefficient (Wildman–Crippen LogP) is 7.71. The molecule has 3 nitrogen and oxygen atoms in total. The van der Waals surface area contributed by atoms with Gasteiger partial charge >= 0.3 is 0 Å². The first-order valence-corrected chi connectivity index (χ1v) is 11.4. The van der Waals surface area contributed by atoms with Crippen LogP contribution in [0.15, 0.2) is 127 Å². The lowest BCUT2D eigenvalue weighted by Gasteiger charge is -2.21. The summed E-state index contributed by atoms with van der Waals surface area (Å²) in [7, 11) is 0. The highest BCUT2D eigenvalue weighted by Crippen LogP contribution is 2.35. The molecule has 3 heteroatoms. The molecule has 0 amide bonds. The Bertz CT molecular complexity index is 1320. The minimum Gasteiger partial charge on any atom is -0.488 e. The van der Waals surface area contributed by atoms with E-state index in [0.717, 1.165) is 39.0 Å². The van der Waals surface area contributed by atoms with Gasteiger partial charge in [0, 0.05) is 16.3 Å². The topological polar surface area (TPSA) is 27.7 Å². The van der Waals surface area contributed by atoms with E-state index in [4.69, 9.17) is 14.2 Å². The molecule has 0 aliphatic carbocycles. The Labute approximate surface area is 200 Å². The molecule has 0 aliphatic rings. The third-order valence-corrected chi connectivity index (χ3v) is 5.63. The van der Waals surface area contributed by atoms with Crippen molar-refractivity contribution >= 4 is 10.8 Å². The summed E-state index contributed by atoms with van der Waals surface area (Å²) in [5.41, 5.74) is 3.19. The molecule has 1 atom stereocenters. The van der Waals surface area contributed by atoms with Crippen molar-refractivity contribution < 1.29 is 14.2 Å². The smallest absolute Gasteiger partial charge is 0.227 e. The van der Waals surface area contributed by atoms with Gasteiger partial charge in [-0.2, -0.15) is 0 Å². The minimum atomic E-state index is -0.541. The highest BCUT2D eigenvalue weighted by molar-refractivity contribution is 5.93. The quantitative estimate of drug-likeness (QED) is 0.217. The highest BCUT2D eigenvalue weighted by atomic mass is 16.7. The molecule has 5 rings (SSSR count). The van der Waals surface area contributed by atoms with Crippen molar-refractivity contribution in [3.05, 3.63) is 144 Å². The number of ether oxygens (including phenoxy) is 3. The van der Waals surface area contributed by atoms with Gasteiger partial charge in [-0.05, 0) is 23.3 Å². The fourth-order valence-electron chi connectivity index (χ4n) is 3.89. The van der Waals surface area contributed by atoms with Gasteiger partial charge in [-0.25, -0.2) is 0 Å². The Hall–Kier alpha value is -4.08. The van der Waals surface area contributed by atoms with E-state index in [2.05, 4.69) is 36.4 Å². The lowest BCUT2D eigenvalue weighted by Crippen LogP contribution is -2.12. The second-order valence-electron chi connectivity index (χ2n) is 8.04. The van der Waals surface area contributed by atoms with E-state index < -0.39 is 6.29 Å². The molecule has 0 saturated carbocycles. The molecule has 5 aromatic rings. The molecule has 34 heavy (non-hydrogen) atoms. The van der Waals surface area contributed by atoms with Crippen LogP contribution in [-0.4, -0.2) is 0 Å². The first kappa shape index (κ1) is 21.7. The molecule has 168 valence electrons. The molecule has 0 heterocycles. The van der Waals surface area contributed by atoms with E-state index in [1.54, 1.807) is 0 Å². The molecule has 0 saturated heterocycles. The van der Waals surface area contributed by atoms with Crippen LogP contribution in [0.3, 0.4) is 0 Å². The van der Waals surface area contributed by atoms with Gasteiger partial charge in [0.25, 0.3) is 0 Å². The zero-order valence-corrected chi connectivity index (χ0v) is 18.8. The minimum absolute atomic E-state index is 0.455. The Morgan fingerprint density at radius 2 is 1.00 bits per heavy atom. The second-order valence-corrected chi connectivity index (χ2v) is 8.04. The lowest BCUT2D eigenvalue weighted by molar-refractivity contribution is -0.0921. The van der Waals surface area contributed by atoms with Gasteiger partial charge in [0.1, 0.15) is 18.1 Å². The van der Waals surface area contributed by atoms with Crippen molar-refractivity contribution in [3.63, 3.8) is 0 Å². The third kappa shape index (κ3) is 5.28. The first-order chi connectivity index (χ1) is 16.9. The monoisotopic (exact) mass is 446 g/mol. The molecule has 0 N–H and O–H groups in total. The predicted molar refractivity (Wildman–Crippen MR) is 136 cm³/mol. The average Bonchev–Trinajstić information content (AvgIpc) is 2.91. The number of hydrogen-bond acceptors (Lipinski definition) is 3. The molecule has 0 spiro atoms. The van der Waals surface area contributed by atoms with Gasteiger partial charge in [0.15, 0.2) is 0 Å². The fourth-order valence-corrected chi connectivity index (χ4v) is 3.89. The number of hydrogen-bond donors (Lipinski definition) is 0. The Morgan fingerprint density at radius 1 is 0.471 bits per heavy atom. The van der Waals surface area contributed by atoms with Crippen LogP contribution < -0.4 is 9.47 Å². The van der Waals surface area contributed by atoms with Gasteiger partial charge in [-0.1, -0.05) is 115 Å². The maximum Gasteiger partial charge on any atom is 0.227 e. The van der Waals surface area contributed by atoms with Gasteiger partial charge in [0.2, 0.25) is 6.29 Å². The van der Waals surface area contributed by atoms with Crippen LogP contribution in [0.2, 0.25) is 0 Å². The van der Waals surface area contributed by atoms with E-state index in [-0.39, 0.29) is 0 Å². The van der Waals surface area contributed by atoms with Crippen LogP contribution in [0.4, 0.5) is 0 Å². The molecule has 0 bridgehead atoms. The summed E-state index contributed by atoms with van der Waals surface area (Å²) in [6.07, 6.45) is -0.541. The van der Waals surface area contributed by atoms with Crippen LogP contribution in [0, 0.1) is 0 Å². The van der Waals surface area contributed by atoms with Crippen LogP contribution >= 0.6 is 0 Å². The molecular formula is C31H26O3. The van der Waals surface area contributed by atoms with E-state index in [0.29, 0.717) is 13.2 Å². The Kier molecular flexibility index (Phi) is 6.84. The van der Waals surface area contributed by atoms with E-state index >= 15 is 0 Å². The maximum atomic E-state index is 6.48. The molecule has 0 radical (unpaired) electrons. The zero-order chi connectivity index (χ0) is 23.0. The molecule has 0 aliphatic heterocycles. The molecular weight excluding hydrogens is 420 g/mol. The summed E-state index contributed by atoms with van der Waals surface area (Å²) < 4.78 is 18.9. The van der Waals surface area contributed by atoms with Crippen molar-refractivity contribution in [3.8, 4) is 11.5 Å². The summed E-state index contributed by atoms with van der Waals surface area (Å²) in [4.78, 5) is 0. The Balaban J connectivity index is 1.41. The second kappa shape index (κ2) is 10.7. The number of benzene rings is 5. The number of fused-ring (bicyclic) bond motifs is 1. The van der Waals surface area contributed by atoms with E-state index in [9.17, 15) is 0 Å². The molecule has 5 aromatic carbocycles. The third-order valence-electron chi connectivity index (χ3n) is 5.63. The molecule has 1 unspecified atom stereocenters. The fraction of sp³-hybridized carbons (Fsp3) is 0.0968. The first-order valence-electron chi connectivity index (χ1n) is 11.4. The molecule has 0 fully saturated rings. The van der Waals surface area contributed by atoms with Crippen molar-refractivity contribution in [2.75, 3.05) is 0 Å². The van der Waals surface area contributed by atoms with E-state index in [1.165, 1.54) is 0 Å². The van der Waals surface area contributed by atoms with Crippen molar-refractivity contribution in [2.45, 2.75) is 19.5 Å². The summed E-state index contributed by atoms with van der Waals surface area (Å²) in [5, 5.41) is 1.99. The van der Waals surface area contributed by atoms with Crippen LogP contribution in [-0.2, 0) is 18.0 Å². The highest BCUT2D eigenvalue weighted by Gasteiger charge is 2.16. The van der Waals surface area contributed by atoms with Crippen LogP contribution in [0.5, 0.6) is 11.5 Å². The zero-order valence-electron chi connectivity index (χ0n) is 18.8. The van der Waals surface area contributed by atoms with Crippen molar-refractivity contribution in [1.82, 2.24) is 0 Å². The largest absolute Gasteiger partial charge is 0.488 e. The van der Waals surface area contributed by atoms with Crippen molar-refractivity contribution in [1.29, 1.82) is 0 Å². The SMILES string of the molecule is c1ccc(COc2cccc3c(OC(OCc4ccccc4)c4ccccc4)cccc23)cc1. The van der Waals surface area contributed by atoms with Gasteiger partial charge < -0.3 is 14.2 Å². The van der Waals surface area contributed by atoms with Gasteiger partial charge in [-0.15, -0.1) is 0 Å². The summed E-state index contributed by atoms with van der Waals surface area (Å²) >= 11 is 0. The van der Waals surface area contributed by atoms with Crippen LogP contribution in [0.25, 0.3) is 10.8 Å². The normalized spacial score (nSPS) is 11.8. The van der Waals surface area contributed by atoms with Gasteiger partial charge in [-0.3, -0.25) is 0 Å². The summed E-state index contributed by atoms with van der Waals surface area (Å²) in [6.45, 7) is 0.967. The number of rotatable bonds is 9. The molecule has 0 aromatic heterocycles. The van der Waals surface area contributed by atoms with Gasteiger partial charge in [0.05, 0.1) is 6.61 Å². The standard InChI is InChI=1S/C31H26O3/c1-4-12-24(13-5-1)22-32-29-20-10-19-28-27(29)18-11-21-30(28)34-31(26-16-8-3-9-17-26)33-23-25-14-6-2-7-15-25/h1-21,31H,22-23H2. The van der Waals surface area contributed by atoms with E-state index in [1.807, 2.05) is 91.0 Å². The summed E-state index contributed by atoms with van der Waals surface area (Å²) in [5.74, 6) is 1.58. The Morgan fingerprint density at radius 3 is 1.65 bits per heavy atom. The lowest BCUT2D eigenvalue weighted by atomic mass is 10.1.